The third-order valence-electron chi connectivity index (χ3n) is 5.79. The molecule has 2 aromatic rings. The van der Waals surface area contributed by atoms with E-state index < -0.39 is 16.2 Å². The lowest BCUT2D eigenvalue weighted by Crippen LogP contribution is -2.51. The van der Waals surface area contributed by atoms with E-state index in [0.29, 0.717) is 0 Å². The van der Waals surface area contributed by atoms with E-state index in [9.17, 15) is 12.8 Å². The molecule has 0 amide bonds. The van der Waals surface area contributed by atoms with Crippen molar-refractivity contribution in [2.24, 2.45) is 0 Å². The zero-order chi connectivity index (χ0) is 20.9. The van der Waals surface area contributed by atoms with E-state index in [4.69, 9.17) is 4.18 Å². The molecule has 0 aliphatic carbocycles. The first-order valence-electron chi connectivity index (χ1n) is 10.4. The summed E-state index contributed by atoms with van der Waals surface area (Å²) in [5, 5.41) is 0. The van der Waals surface area contributed by atoms with Gasteiger partial charge in [-0.1, -0.05) is 50.1 Å². The second-order valence-electron chi connectivity index (χ2n) is 7.76. The SMILES string of the molecule is CCCCCN1CCC(c2ccc(F)cc2)C(OS(=O)(=O)c2ccccc2)C1C. The Kier molecular flexibility index (Phi) is 7.44. The van der Waals surface area contributed by atoms with Gasteiger partial charge in [0.2, 0.25) is 0 Å². The Morgan fingerprint density at radius 1 is 1.07 bits per heavy atom. The molecule has 3 rings (SSSR count). The van der Waals surface area contributed by atoms with E-state index >= 15 is 0 Å². The Balaban J connectivity index is 1.87. The van der Waals surface area contributed by atoms with Crippen LogP contribution in [-0.2, 0) is 14.3 Å². The molecule has 4 nitrogen and oxygen atoms in total. The monoisotopic (exact) mass is 419 g/mol. The van der Waals surface area contributed by atoms with Gasteiger partial charge in [-0.15, -0.1) is 0 Å². The van der Waals surface area contributed by atoms with Crippen molar-refractivity contribution in [3.63, 3.8) is 0 Å². The third kappa shape index (κ3) is 5.44. The number of piperidine rings is 1. The fourth-order valence-electron chi connectivity index (χ4n) is 4.10. The van der Waals surface area contributed by atoms with Crippen molar-refractivity contribution >= 4 is 10.1 Å². The summed E-state index contributed by atoms with van der Waals surface area (Å²) < 4.78 is 45.2. The van der Waals surface area contributed by atoms with Crippen molar-refractivity contribution in [2.45, 2.75) is 62.5 Å². The maximum absolute atomic E-state index is 13.4. The summed E-state index contributed by atoms with van der Waals surface area (Å²) >= 11 is 0. The van der Waals surface area contributed by atoms with Gasteiger partial charge in [0.25, 0.3) is 10.1 Å². The second kappa shape index (κ2) is 9.83. The Labute approximate surface area is 173 Å². The molecule has 1 aliphatic heterocycles. The summed E-state index contributed by atoms with van der Waals surface area (Å²) in [5.74, 6) is -0.403. The molecular weight excluding hydrogens is 389 g/mol. The molecule has 6 heteroatoms. The molecule has 158 valence electrons. The normalized spacial score (nSPS) is 23.2. The molecule has 0 saturated carbocycles. The number of hydrogen-bond acceptors (Lipinski definition) is 4. The van der Waals surface area contributed by atoms with E-state index in [2.05, 4.69) is 11.8 Å². The van der Waals surface area contributed by atoms with Gasteiger partial charge in [-0.25, -0.2) is 4.39 Å². The summed E-state index contributed by atoms with van der Waals surface area (Å²) in [6.45, 7) is 6.00. The lowest BCUT2D eigenvalue weighted by molar-refractivity contribution is 0.0224. The molecule has 1 fully saturated rings. The van der Waals surface area contributed by atoms with Crippen molar-refractivity contribution in [3.05, 3.63) is 66.0 Å². The van der Waals surface area contributed by atoms with Crippen LogP contribution in [0.1, 0.15) is 51.0 Å². The van der Waals surface area contributed by atoms with Crippen LogP contribution >= 0.6 is 0 Å². The third-order valence-corrected chi connectivity index (χ3v) is 7.12. The van der Waals surface area contributed by atoms with Gasteiger partial charge in [-0.2, -0.15) is 8.42 Å². The van der Waals surface area contributed by atoms with Crippen molar-refractivity contribution < 1.29 is 17.0 Å². The molecule has 29 heavy (non-hydrogen) atoms. The van der Waals surface area contributed by atoms with Crippen LogP contribution in [0.2, 0.25) is 0 Å². The maximum Gasteiger partial charge on any atom is 0.297 e. The smallest absolute Gasteiger partial charge is 0.297 e. The number of nitrogens with zero attached hydrogens (tertiary/aromatic N) is 1. The van der Waals surface area contributed by atoms with Gasteiger partial charge in [0.15, 0.2) is 0 Å². The van der Waals surface area contributed by atoms with Crippen LogP contribution in [0.5, 0.6) is 0 Å². The van der Waals surface area contributed by atoms with Crippen LogP contribution in [0.3, 0.4) is 0 Å². The van der Waals surface area contributed by atoms with Gasteiger partial charge < -0.3 is 0 Å². The summed E-state index contributed by atoms with van der Waals surface area (Å²) in [6.07, 6.45) is 3.62. The topological polar surface area (TPSA) is 46.6 Å². The molecule has 0 spiro atoms. The highest BCUT2D eigenvalue weighted by molar-refractivity contribution is 7.86. The Morgan fingerprint density at radius 3 is 2.41 bits per heavy atom. The Bertz CT molecular complexity index is 871. The molecule has 3 unspecified atom stereocenters. The standard InChI is InChI=1S/C23H30FNO3S/c1-3-4-8-16-25-17-15-22(19-11-13-20(24)14-12-19)23(18(25)2)28-29(26,27)21-9-6-5-7-10-21/h5-7,9-14,18,22-23H,3-4,8,15-17H2,1-2H3. The molecule has 0 aromatic heterocycles. The first kappa shape index (κ1) is 21.9. The number of likely N-dealkylation sites (tertiary alicyclic amines) is 1. The molecule has 1 heterocycles. The molecule has 2 aromatic carbocycles. The van der Waals surface area contributed by atoms with Crippen LogP contribution in [0, 0.1) is 5.82 Å². The molecule has 0 N–H and O–H groups in total. The minimum Gasteiger partial charge on any atom is -0.298 e. The van der Waals surface area contributed by atoms with Gasteiger partial charge in [-0.3, -0.25) is 9.08 Å². The van der Waals surface area contributed by atoms with Crippen LogP contribution in [0.15, 0.2) is 59.5 Å². The molecule has 0 radical (unpaired) electrons. The van der Waals surface area contributed by atoms with Gasteiger partial charge in [0, 0.05) is 12.0 Å². The van der Waals surface area contributed by atoms with Crippen molar-refractivity contribution in [2.75, 3.05) is 13.1 Å². The van der Waals surface area contributed by atoms with E-state index in [1.165, 1.54) is 12.1 Å². The fraction of sp³-hybridized carbons (Fsp3) is 0.478. The van der Waals surface area contributed by atoms with Gasteiger partial charge in [-0.05, 0) is 62.7 Å². The van der Waals surface area contributed by atoms with Crippen LogP contribution < -0.4 is 0 Å². The lowest BCUT2D eigenvalue weighted by atomic mass is 9.83. The molecule has 0 bridgehead atoms. The highest BCUT2D eigenvalue weighted by Crippen LogP contribution is 2.36. The average Bonchev–Trinajstić information content (AvgIpc) is 2.72. The van der Waals surface area contributed by atoms with Crippen LogP contribution in [0.25, 0.3) is 0 Å². The first-order chi connectivity index (χ1) is 13.9. The van der Waals surface area contributed by atoms with Crippen molar-refractivity contribution in [3.8, 4) is 0 Å². The van der Waals surface area contributed by atoms with E-state index in [-0.39, 0.29) is 22.7 Å². The highest BCUT2D eigenvalue weighted by atomic mass is 32.2. The second-order valence-corrected chi connectivity index (χ2v) is 9.33. The highest BCUT2D eigenvalue weighted by Gasteiger charge is 2.40. The van der Waals surface area contributed by atoms with Gasteiger partial charge in [0.05, 0.1) is 11.0 Å². The van der Waals surface area contributed by atoms with Gasteiger partial charge in [0.1, 0.15) is 5.82 Å². The molecule has 1 aliphatic rings. The summed E-state index contributed by atoms with van der Waals surface area (Å²) in [5.41, 5.74) is 0.916. The van der Waals surface area contributed by atoms with E-state index in [1.807, 2.05) is 6.92 Å². The zero-order valence-corrected chi connectivity index (χ0v) is 17.9. The molecule has 3 atom stereocenters. The predicted molar refractivity (Wildman–Crippen MR) is 113 cm³/mol. The number of halogens is 1. The fourth-order valence-corrected chi connectivity index (χ4v) is 5.29. The Morgan fingerprint density at radius 2 is 1.76 bits per heavy atom. The van der Waals surface area contributed by atoms with E-state index in [1.54, 1.807) is 42.5 Å². The summed E-state index contributed by atoms with van der Waals surface area (Å²) in [7, 11) is -3.89. The van der Waals surface area contributed by atoms with Crippen molar-refractivity contribution in [1.29, 1.82) is 0 Å². The van der Waals surface area contributed by atoms with Gasteiger partial charge >= 0.3 is 0 Å². The number of unbranched alkanes of at least 4 members (excludes halogenated alkanes) is 2. The minimum atomic E-state index is -3.89. The number of rotatable bonds is 8. The number of hydrogen-bond donors (Lipinski definition) is 0. The largest absolute Gasteiger partial charge is 0.298 e. The number of benzene rings is 2. The summed E-state index contributed by atoms with van der Waals surface area (Å²) in [6, 6.07) is 14.5. The summed E-state index contributed by atoms with van der Waals surface area (Å²) in [4.78, 5) is 2.48. The molecule has 1 saturated heterocycles. The maximum atomic E-state index is 13.4. The van der Waals surface area contributed by atoms with E-state index in [0.717, 1.165) is 44.3 Å². The lowest BCUT2D eigenvalue weighted by Gasteiger charge is -2.43. The first-order valence-corrected chi connectivity index (χ1v) is 11.8. The average molecular weight is 420 g/mol. The Hall–Kier alpha value is -1.76. The van der Waals surface area contributed by atoms with Crippen molar-refractivity contribution in [1.82, 2.24) is 4.90 Å². The van der Waals surface area contributed by atoms with Crippen LogP contribution in [0.4, 0.5) is 4.39 Å². The predicted octanol–water partition coefficient (Wildman–Crippen LogP) is 4.97. The van der Waals surface area contributed by atoms with Crippen LogP contribution in [-0.4, -0.2) is 38.6 Å². The zero-order valence-electron chi connectivity index (χ0n) is 17.1. The quantitative estimate of drug-likeness (QED) is 0.448. The molecular formula is C23H30FNO3S. The minimum absolute atomic E-state index is 0.0610.